The molecule has 1 N–H and O–H groups in total. The highest BCUT2D eigenvalue weighted by atomic mass is 35.5. The first-order valence-corrected chi connectivity index (χ1v) is 8.27. The predicted octanol–water partition coefficient (Wildman–Crippen LogP) is 3.99. The maximum Gasteiger partial charge on any atom is 0.310 e. The number of esters is 1. The predicted molar refractivity (Wildman–Crippen MR) is 96.9 cm³/mol. The zero-order chi connectivity index (χ0) is 18.2. The molecule has 1 amide bonds. The zero-order valence-corrected chi connectivity index (χ0v) is 14.9. The van der Waals surface area contributed by atoms with E-state index in [0.29, 0.717) is 16.5 Å². The van der Waals surface area contributed by atoms with E-state index < -0.39 is 18.0 Å². The molecule has 25 heavy (non-hydrogen) atoms. The number of carbonyl (C=O) groups excluding carboxylic acids is 2. The zero-order valence-electron chi connectivity index (χ0n) is 14.1. The molecular weight excluding hydrogens is 342 g/mol. The van der Waals surface area contributed by atoms with Gasteiger partial charge < -0.3 is 14.8 Å². The van der Waals surface area contributed by atoms with Crippen LogP contribution in [0.15, 0.2) is 48.5 Å². The van der Waals surface area contributed by atoms with Crippen molar-refractivity contribution < 1.29 is 19.1 Å². The highest BCUT2D eigenvalue weighted by Crippen LogP contribution is 2.15. The Labute approximate surface area is 151 Å². The van der Waals surface area contributed by atoms with Gasteiger partial charge in [-0.25, -0.2) is 0 Å². The van der Waals surface area contributed by atoms with Gasteiger partial charge in [0.25, 0.3) is 5.91 Å². The summed E-state index contributed by atoms with van der Waals surface area (Å²) >= 11 is 5.86. The molecule has 1 atom stereocenters. The van der Waals surface area contributed by atoms with E-state index >= 15 is 0 Å². The van der Waals surface area contributed by atoms with Crippen LogP contribution in [-0.4, -0.2) is 24.6 Å². The second-order valence-electron chi connectivity index (χ2n) is 5.54. The van der Waals surface area contributed by atoms with Crippen molar-refractivity contribution in [3.63, 3.8) is 0 Å². The van der Waals surface area contributed by atoms with Crippen molar-refractivity contribution in [2.45, 2.75) is 26.4 Å². The van der Waals surface area contributed by atoms with Gasteiger partial charge in [-0.15, -0.1) is 0 Å². The number of ether oxygens (including phenoxy) is 2. The molecule has 0 aromatic heterocycles. The third kappa shape index (κ3) is 6.47. The van der Waals surface area contributed by atoms with Gasteiger partial charge in [0.05, 0.1) is 13.0 Å². The lowest BCUT2D eigenvalue weighted by Gasteiger charge is -2.14. The Morgan fingerprint density at radius 2 is 1.88 bits per heavy atom. The number of hydrogen-bond donors (Lipinski definition) is 1. The highest BCUT2D eigenvalue weighted by Gasteiger charge is 2.18. The van der Waals surface area contributed by atoms with Crippen LogP contribution in [0.3, 0.4) is 0 Å². The molecule has 0 aliphatic rings. The van der Waals surface area contributed by atoms with Gasteiger partial charge in [-0.3, -0.25) is 9.59 Å². The summed E-state index contributed by atoms with van der Waals surface area (Å²) < 4.78 is 10.6. The van der Waals surface area contributed by atoms with Crippen LogP contribution >= 0.6 is 11.6 Å². The van der Waals surface area contributed by atoms with Crippen LogP contribution < -0.4 is 10.1 Å². The van der Waals surface area contributed by atoms with Crippen LogP contribution in [0.1, 0.15) is 18.9 Å². The van der Waals surface area contributed by atoms with Crippen LogP contribution in [0.5, 0.6) is 5.75 Å². The van der Waals surface area contributed by atoms with E-state index in [1.54, 1.807) is 24.3 Å². The van der Waals surface area contributed by atoms with E-state index in [-0.39, 0.29) is 13.0 Å². The summed E-state index contributed by atoms with van der Waals surface area (Å²) in [4.78, 5) is 23.8. The molecule has 5 nitrogen and oxygen atoms in total. The van der Waals surface area contributed by atoms with Gasteiger partial charge in [-0.1, -0.05) is 35.4 Å². The number of hydrogen-bond acceptors (Lipinski definition) is 4. The lowest BCUT2D eigenvalue weighted by atomic mass is 10.2. The normalized spacial score (nSPS) is 11.5. The Morgan fingerprint density at radius 3 is 2.56 bits per heavy atom. The summed E-state index contributed by atoms with van der Waals surface area (Å²) in [6.07, 6.45) is -0.853. The average Bonchev–Trinajstić information content (AvgIpc) is 2.56. The van der Waals surface area contributed by atoms with E-state index in [4.69, 9.17) is 21.1 Å². The fraction of sp³-hybridized carbons (Fsp3) is 0.263. The molecule has 0 saturated heterocycles. The fourth-order valence-electron chi connectivity index (χ4n) is 2.01. The number of amides is 1. The minimum absolute atomic E-state index is 0.0582. The third-order valence-electron chi connectivity index (χ3n) is 3.37. The van der Waals surface area contributed by atoms with Gasteiger partial charge in [-0.05, 0) is 44.2 Å². The van der Waals surface area contributed by atoms with Crippen LogP contribution in [0.2, 0.25) is 5.02 Å². The quantitative estimate of drug-likeness (QED) is 0.757. The summed E-state index contributed by atoms with van der Waals surface area (Å²) in [6.45, 7) is 3.68. The Bertz CT molecular complexity index is 730. The molecule has 132 valence electrons. The van der Waals surface area contributed by atoms with Gasteiger partial charge in [0, 0.05) is 10.7 Å². The second kappa shape index (κ2) is 9.08. The first kappa shape index (κ1) is 18.8. The maximum absolute atomic E-state index is 12.0. The molecular formula is C19H20ClNO4. The molecule has 0 unspecified atom stereocenters. The standard InChI is InChI=1S/C19H20ClNO4/c1-13-6-8-17(9-7-13)24-11-10-18(22)25-14(2)19(23)21-16-5-3-4-15(20)12-16/h3-9,12,14H,10-11H2,1-2H3,(H,21,23)/t14-/m0/s1. The number of rotatable bonds is 7. The van der Waals surface area contributed by atoms with Gasteiger partial charge >= 0.3 is 5.97 Å². The van der Waals surface area contributed by atoms with Crippen molar-refractivity contribution in [2.75, 3.05) is 11.9 Å². The number of halogens is 1. The van der Waals surface area contributed by atoms with E-state index in [9.17, 15) is 9.59 Å². The van der Waals surface area contributed by atoms with E-state index in [1.807, 2.05) is 31.2 Å². The smallest absolute Gasteiger partial charge is 0.310 e. The van der Waals surface area contributed by atoms with Crippen LogP contribution in [0, 0.1) is 6.92 Å². The van der Waals surface area contributed by atoms with E-state index in [1.165, 1.54) is 6.92 Å². The van der Waals surface area contributed by atoms with Crippen molar-refractivity contribution in [1.82, 2.24) is 0 Å². The van der Waals surface area contributed by atoms with Crippen LogP contribution in [0.4, 0.5) is 5.69 Å². The molecule has 0 saturated carbocycles. The van der Waals surface area contributed by atoms with Gasteiger partial charge in [0.2, 0.25) is 0 Å². The summed E-state index contributed by atoms with van der Waals surface area (Å²) in [5, 5.41) is 3.15. The van der Waals surface area contributed by atoms with Crippen molar-refractivity contribution >= 4 is 29.2 Å². The van der Waals surface area contributed by atoms with E-state index in [0.717, 1.165) is 5.56 Å². The van der Waals surface area contributed by atoms with Crippen LogP contribution in [-0.2, 0) is 14.3 Å². The SMILES string of the molecule is Cc1ccc(OCCC(=O)O[C@@H](C)C(=O)Nc2cccc(Cl)c2)cc1. The average molecular weight is 362 g/mol. The van der Waals surface area contributed by atoms with E-state index in [2.05, 4.69) is 5.32 Å². The largest absolute Gasteiger partial charge is 0.493 e. The topological polar surface area (TPSA) is 64.6 Å². The number of anilines is 1. The Morgan fingerprint density at radius 1 is 1.16 bits per heavy atom. The Kier molecular flexibility index (Phi) is 6.83. The molecule has 6 heteroatoms. The monoisotopic (exact) mass is 361 g/mol. The van der Waals surface area contributed by atoms with Gasteiger partial charge in [0.1, 0.15) is 5.75 Å². The van der Waals surface area contributed by atoms with Crippen molar-refractivity contribution in [3.8, 4) is 5.75 Å². The molecule has 0 fully saturated rings. The second-order valence-corrected chi connectivity index (χ2v) is 5.98. The van der Waals surface area contributed by atoms with Crippen molar-refractivity contribution in [3.05, 3.63) is 59.1 Å². The maximum atomic E-state index is 12.0. The summed E-state index contributed by atoms with van der Waals surface area (Å²) in [5.41, 5.74) is 1.68. The summed E-state index contributed by atoms with van der Waals surface area (Å²) in [5.74, 6) is -0.235. The van der Waals surface area contributed by atoms with Crippen molar-refractivity contribution in [1.29, 1.82) is 0 Å². The Balaban J connectivity index is 1.73. The van der Waals surface area contributed by atoms with Crippen molar-refractivity contribution in [2.24, 2.45) is 0 Å². The number of aryl methyl sites for hydroxylation is 1. The molecule has 2 rings (SSSR count). The number of carbonyl (C=O) groups is 2. The minimum Gasteiger partial charge on any atom is -0.493 e. The summed E-state index contributed by atoms with van der Waals surface area (Å²) in [7, 11) is 0. The number of nitrogens with one attached hydrogen (secondary N) is 1. The summed E-state index contributed by atoms with van der Waals surface area (Å²) in [6, 6.07) is 14.3. The molecule has 0 radical (unpaired) electrons. The fourth-order valence-corrected chi connectivity index (χ4v) is 2.20. The van der Waals surface area contributed by atoms with Crippen LogP contribution in [0.25, 0.3) is 0 Å². The molecule has 0 heterocycles. The third-order valence-corrected chi connectivity index (χ3v) is 3.60. The first-order valence-electron chi connectivity index (χ1n) is 7.89. The lowest BCUT2D eigenvalue weighted by Crippen LogP contribution is -2.30. The minimum atomic E-state index is -0.911. The molecule has 0 spiro atoms. The first-order chi connectivity index (χ1) is 11.9. The molecule has 0 aliphatic heterocycles. The molecule has 2 aromatic rings. The molecule has 2 aromatic carbocycles. The highest BCUT2D eigenvalue weighted by molar-refractivity contribution is 6.30. The molecule has 0 aliphatic carbocycles. The Hall–Kier alpha value is -2.53. The molecule has 0 bridgehead atoms. The number of benzene rings is 2. The lowest BCUT2D eigenvalue weighted by molar-refractivity contribution is -0.153. The van der Waals surface area contributed by atoms with Gasteiger partial charge in [-0.2, -0.15) is 0 Å². The van der Waals surface area contributed by atoms with Gasteiger partial charge in [0.15, 0.2) is 6.10 Å².